The van der Waals surface area contributed by atoms with Gasteiger partial charge in [0, 0.05) is 44.1 Å². The third kappa shape index (κ3) is 6.02. The largest absolute Gasteiger partial charge is 0.494 e. The Labute approximate surface area is 189 Å². The monoisotopic (exact) mass is 430 g/mol. The van der Waals surface area contributed by atoms with Crippen LogP contribution in [0, 0.1) is 0 Å². The summed E-state index contributed by atoms with van der Waals surface area (Å²) in [7, 11) is 0. The van der Waals surface area contributed by atoms with Crippen molar-refractivity contribution in [3.63, 3.8) is 0 Å². The Morgan fingerprint density at radius 1 is 0.844 bits per heavy atom. The molecule has 1 aliphatic rings. The van der Waals surface area contributed by atoms with Gasteiger partial charge in [0.15, 0.2) is 0 Å². The first-order chi connectivity index (χ1) is 15.7. The topological polar surface area (TPSA) is 70.8 Å². The molecule has 1 fully saturated rings. The molecule has 1 aliphatic heterocycles. The van der Waals surface area contributed by atoms with Gasteiger partial charge < -0.3 is 20.7 Å². The van der Waals surface area contributed by atoms with Crippen LogP contribution in [0.25, 0.3) is 11.1 Å². The summed E-state index contributed by atoms with van der Waals surface area (Å²) >= 11 is 0. The molecule has 166 valence electrons. The van der Waals surface area contributed by atoms with Gasteiger partial charge in [-0.2, -0.15) is 0 Å². The number of piperazine rings is 1. The molecule has 6 heteroatoms. The number of carbonyl (C=O) groups is 1. The molecule has 0 aliphatic carbocycles. The maximum Gasteiger partial charge on any atom is 0.316 e. The summed E-state index contributed by atoms with van der Waals surface area (Å²) in [6.07, 6.45) is 0.979. The quantitative estimate of drug-likeness (QED) is 0.519. The summed E-state index contributed by atoms with van der Waals surface area (Å²) in [4.78, 5) is 15.8. The van der Waals surface area contributed by atoms with Crippen LogP contribution in [0.3, 0.4) is 0 Å². The Bertz CT molecular complexity index is 983. The van der Waals surface area contributed by atoms with Gasteiger partial charge in [0.2, 0.25) is 0 Å². The molecule has 3 aromatic carbocycles. The zero-order chi connectivity index (χ0) is 22.2. The molecular formula is C26H30N4O2. The van der Waals surface area contributed by atoms with Crippen molar-refractivity contribution in [1.82, 2.24) is 4.90 Å². The fraction of sp³-hybridized carbons (Fsp3) is 0.269. The van der Waals surface area contributed by atoms with Crippen LogP contribution >= 0.6 is 0 Å². The van der Waals surface area contributed by atoms with Gasteiger partial charge in [-0.05, 0) is 53.9 Å². The Kier molecular flexibility index (Phi) is 7.25. The van der Waals surface area contributed by atoms with Crippen LogP contribution in [0.15, 0.2) is 78.9 Å². The van der Waals surface area contributed by atoms with E-state index in [1.807, 2.05) is 18.2 Å². The van der Waals surface area contributed by atoms with Crippen molar-refractivity contribution < 1.29 is 9.53 Å². The molecule has 32 heavy (non-hydrogen) atoms. The number of amides is 2. The van der Waals surface area contributed by atoms with E-state index < -0.39 is 6.03 Å². The van der Waals surface area contributed by atoms with Crippen molar-refractivity contribution in [2.24, 2.45) is 5.73 Å². The molecule has 0 aromatic heterocycles. The lowest BCUT2D eigenvalue weighted by molar-refractivity contribution is 0.225. The molecule has 0 atom stereocenters. The maximum atomic E-state index is 10.9. The molecule has 0 spiro atoms. The van der Waals surface area contributed by atoms with Gasteiger partial charge in [-0.1, -0.05) is 42.5 Å². The highest BCUT2D eigenvalue weighted by atomic mass is 16.5. The number of rotatable bonds is 8. The third-order valence-electron chi connectivity index (χ3n) is 5.72. The van der Waals surface area contributed by atoms with Gasteiger partial charge in [0.1, 0.15) is 5.75 Å². The highest BCUT2D eigenvalue weighted by molar-refractivity contribution is 5.87. The van der Waals surface area contributed by atoms with Gasteiger partial charge in [0.05, 0.1) is 6.61 Å². The zero-order valence-corrected chi connectivity index (χ0v) is 18.2. The summed E-state index contributed by atoms with van der Waals surface area (Å²) in [6.45, 7) is 5.91. The van der Waals surface area contributed by atoms with Crippen LogP contribution in [0.5, 0.6) is 5.75 Å². The second-order valence-electron chi connectivity index (χ2n) is 7.96. The van der Waals surface area contributed by atoms with Crippen LogP contribution in [-0.2, 0) is 0 Å². The molecule has 6 nitrogen and oxygen atoms in total. The Balaban J connectivity index is 1.16. The normalized spacial score (nSPS) is 14.2. The van der Waals surface area contributed by atoms with Crippen LogP contribution < -0.4 is 20.7 Å². The van der Waals surface area contributed by atoms with E-state index >= 15 is 0 Å². The van der Waals surface area contributed by atoms with E-state index in [1.165, 1.54) is 16.8 Å². The minimum atomic E-state index is -0.567. The summed E-state index contributed by atoms with van der Waals surface area (Å²) in [5, 5.41) is 2.54. The first kappa shape index (κ1) is 21.7. The van der Waals surface area contributed by atoms with Crippen molar-refractivity contribution in [3.05, 3.63) is 78.9 Å². The van der Waals surface area contributed by atoms with E-state index in [4.69, 9.17) is 10.5 Å². The Morgan fingerprint density at radius 2 is 1.50 bits per heavy atom. The molecule has 0 radical (unpaired) electrons. The van der Waals surface area contributed by atoms with Crippen LogP contribution in [-0.4, -0.2) is 50.3 Å². The number of urea groups is 1. The number of hydrogen-bond acceptors (Lipinski definition) is 4. The lowest BCUT2D eigenvalue weighted by atomic mass is 10.1. The molecule has 1 saturated heterocycles. The predicted molar refractivity (Wildman–Crippen MR) is 130 cm³/mol. The average molecular weight is 431 g/mol. The summed E-state index contributed by atoms with van der Waals surface area (Å²) < 4.78 is 5.81. The molecule has 3 aromatic rings. The van der Waals surface area contributed by atoms with Gasteiger partial charge in [0.25, 0.3) is 0 Å². The van der Waals surface area contributed by atoms with Gasteiger partial charge in [-0.3, -0.25) is 4.90 Å². The first-order valence-corrected chi connectivity index (χ1v) is 11.1. The third-order valence-corrected chi connectivity index (χ3v) is 5.72. The van der Waals surface area contributed by atoms with Crippen molar-refractivity contribution in [3.8, 4) is 16.9 Å². The van der Waals surface area contributed by atoms with Gasteiger partial charge in [-0.15, -0.1) is 0 Å². The van der Waals surface area contributed by atoms with E-state index in [-0.39, 0.29) is 0 Å². The van der Waals surface area contributed by atoms with Crippen molar-refractivity contribution in [1.29, 1.82) is 0 Å². The fourth-order valence-corrected chi connectivity index (χ4v) is 3.98. The number of nitrogens with one attached hydrogen (secondary N) is 1. The van der Waals surface area contributed by atoms with E-state index in [9.17, 15) is 4.79 Å². The lowest BCUT2D eigenvalue weighted by Crippen LogP contribution is -2.46. The number of anilines is 2. The van der Waals surface area contributed by atoms with Crippen LogP contribution in [0.1, 0.15) is 6.42 Å². The number of hydrogen-bond donors (Lipinski definition) is 2. The summed E-state index contributed by atoms with van der Waals surface area (Å²) in [6, 6.07) is 26.1. The molecule has 0 saturated carbocycles. The van der Waals surface area contributed by atoms with E-state index in [0.29, 0.717) is 12.3 Å². The lowest BCUT2D eigenvalue weighted by Gasteiger charge is -2.36. The molecule has 0 bridgehead atoms. The second-order valence-corrected chi connectivity index (χ2v) is 7.96. The summed E-state index contributed by atoms with van der Waals surface area (Å²) in [5.74, 6) is 0.795. The minimum Gasteiger partial charge on any atom is -0.494 e. The van der Waals surface area contributed by atoms with Crippen molar-refractivity contribution in [2.75, 3.05) is 49.5 Å². The standard InChI is InChI=1S/C26H30N4O2/c27-26(31)28-23-9-13-25(14-10-23)32-20-4-15-29-16-18-30(19-17-29)24-11-7-22(8-12-24)21-5-2-1-3-6-21/h1-3,5-14H,4,15-20H2,(H3,27,28,31). The van der Waals surface area contributed by atoms with Crippen molar-refractivity contribution >= 4 is 17.4 Å². The van der Waals surface area contributed by atoms with Gasteiger partial charge in [-0.25, -0.2) is 4.79 Å². The smallest absolute Gasteiger partial charge is 0.316 e. The van der Waals surface area contributed by atoms with Crippen LogP contribution in [0.4, 0.5) is 16.2 Å². The highest BCUT2D eigenvalue weighted by Crippen LogP contribution is 2.24. The van der Waals surface area contributed by atoms with Crippen molar-refractivity contribution in [2.45, 2.75) is 6.42 Å². The Hall–Kier alpha value is -3.51. The van der Waals surface area contributed by atoms with Gasteiger partial charge >= 0.3 is 6.03 Å². The number of ether oxygens (including phenoxy) is 1. The number of primary amides is 1. The van der Waals surface area contributed by atoms with E-state index in [2.05, 4.69) is 63.6 Å². The summed E-state index contributed by atoms with van der Waals surface area (Å²) in [5.41, 5.74) is 9.58. The number of nitrogens with zero attached hydrogens (tertiary/aromatic N) is 2. The fourth-order valence-electron chi connectivity index (χ4n) is 3.98. The molecule has 4 rings (SSSR count). The molecule has 0 unspecified atom stereocenters. The average Bonchev–Trinajstić information content (AvgIpc) is 2.84. The molecule has 2 amide bonds. The Morgan fingerprint density at radius 3 is 2.16 bits per heavy atom. The number of benzene rings is 3. The maximum absolute atomic E-state index is 10.9. The molecule has 3 N–H and O–H groups in total. The molecule has 1 heterocycles. The van der Waals surface area contributed by atoms with E-state index in [1.54, 1.807) is 12.1 Å². The SMILES string of the molecule is NC(=O)Nc1ccc(OCCCN2CCN(c3ccc(-c4ccccc4)cc3)CC2)cc1. The number of carbonyl (C=O) groups excluding carboxylic acids is 1. The van der Waals surface area contributed by atoms with Crippen LogP contribution in [0.2, 0.25) is 0 Å². The molecular weight excluding hydrogens is 400 g/mol. The second kappa shape index (κ2) is 10.7. The van der Waals surface area contributed by atoms with E-state index in [0.717, 1.165) is 44.9 Å². The predicted octanol–water partition coefficient (Wildman–Crippen LogP) is 4.44. The minimum absolute atomic E-state index is 0.567. The number of nitrogens with two attached hydrogens (primary N) is 1. The highest BCUT2D eigenvalue weighted by Gasteiger charge is 2.17. The zero-order valence-electron chi connectivity index (χ0n) is 18.2. The first-order valence-electron chi connectivity index (χ1n) is 11.1.